The van der Waals surface area contributed by atoms with E-state index in [1.165, 1.54) is 35.0 Å². The van der Waals surface area contributed by atoms with Crippen LogP contribution in [-0.2, 0) is 26.0 Å². The van der Waals surface area contributed by atoms with Crippen LogP contribution in [0.2, 0.25) is 0 Å². The number of ether oxygens (including phenoxy) is 1. The zero-order valence-corrected chi connectivity index (χ0v) is 18.9. The highest BCUT2D eigenvalue weighted by Crippen LogP contribution is 2.32. The zero-order chi connectivity index (χ0) is 22.6. The van der Waals surface area contributed by atoms with Gasteiger partial charge in [-0.25, -0.2) is 13.2 Å². The number of benzene rings is 2. The van der Waals surface area contributed by atoms with Crippen LogP contribution in [0.5, 0.6) is 0 Å². The van der Waals surface area contributed by atoms with Gasteiger partial charge in [-0.15, -0.1) is 0 Å². The van der Waals surface area contributed by atoms with Gasteiger partial charge in [0.05, 0.1) is 16.1 Å². The van der Waals surface area contributed by atoms with Crippen LogP contribution in [0.1, 0.15) is 48.0 Å². The number of esters is 1. The van der Waals surface area contributed by atoms with Crippen molar-refractivity contribution in [3.63, 3.8) is 0 Å². The minimum atomic E-state index is -3.81. The molecule has 2 aliphatic rings. The summed E-state index contributed by atoms with van der Waals surface area (Å²) in [6.45, 7) is 1.39. The van der Waals surface area contributed by atoms with E-state index in [0.717, 1.165) is 31.2 Å². The average Bonchev–Trinajstić information content (AvgIpc) is 3.22. The lowest BCUT2D eigenvalue weighted by molar-refractivity contribution is -0.134. The smallest absolute Gasteiger partial charge is 0.338 e. The monoisotopic (exact) mass is 456 g/mol. The summed E-state index contributed by atoms with van der Waals surface area (Å²) >= 11 is 0. The number of rotatable bonds is 5. The summed E-state index contributed by atoms with van der Waals surface area (Å²) in [5, 5.41) is 0. The first-order valence-corrected chi connectivity index (χ1v) is 12.6. The fourth-order valence-electron chi connectivity index (χ4n) is 4.27. The molecule has 32 heavy (non-hydrogen) atoms. The molecule has 0 N–H and O–H groups in total. The van der Waals surface area contributed by atoms with Crippen molar-refractivity contribution in [3.8, 4) is 0 Å². The van der Waals surface area contributed by atoms with E-state index in [9.17, 15) is 18.0 Å². The molecule has 170 valence electrons. The highest BCUT2D eigenvalue weighted by Gasteiger charge is 2.31. The first-order chi connectivity index (χ1) is 15.5. The summed E-state index contributed by atoms with van der Waals surface area (Å²) in [5.74, 6) is -0.915. The van der Waals surface area contributed by atoms with Crippen molar-refractivity contribution in [3.05, 3.63) is 59.7 Å². The summed E-state index contributed by atoms with van der Waals surface area (Å²) in [6.07, 6.45) is 5.96. The number of hydrogen-bond donors (Lipinski definition) is 0. The van der Waals surface area contributed by atoms with Gasteiger partial charge in [0.15, 0.2) is 6.61 Å². The zero-order valence-electron chi connectivity index (χ0n) is 18.0. The van der Waals surface area contributed by atoms with Gasteiger partial charge in [-0.1, -0.05) is 43.5 Å². The van der Waals surface area contributed by atoms with Crippen LogP contribution in [0.15, 0.2) is 53.4 Å². The number of para-hydroxylation sites is 1. The fourth-order valence-corrected chi connectivity index (χ4v) is 5.82. The van der Waals surface area contributed by atoms with Crippen molar-refractivity contribution in [1.29, 1.82) is 0 Å². The van der Waals surface area contributed by atoms with Gasteiger partial charge in [0.1, 0.15) is 0 Å². The van der Waals surface area contributed by atoms with E-state index >= 15 is 0 Å². The first kappa shape index (κ1) is 22.3. The number of nitrogens with zero attached hydrogens (tertiary/aromatic N) is 2. The van der Waals surface area contributed by atoms with Gasteiger partial charge in [-0.05, 0) is 49.1 Å². The minimum absolute atomic E-state index is 0.0266. The molecule has 0 radical (unpaired) electrons. The van der Waals surface area contributed by atoms with Gasteiger partial charge in [0.2, 0.25) is 0 Å². The second-order valence-corrected chi connectivity index (χ2v) is 10.1. The number of anilines is 1. The number of hydrogen-bond acceptors (Lipinski definition) is 5. The molecule has 4 rings (SSSR count). The summed E-state index contributed by atoms with van der Waals surface area (Å²) in [5.41, 5.74) is 1.76. The lowest BCUT2D eigenvalue weighted by Gasteiger charge is -2.24. The summed E-state index contributed by atoms with van der Waals surface area (Å²) in [6, 6.07) is 13.2. The molecule has 0 bridgehead atoms. The van der Waals surface area contributed by atoms with Gasteiger partial charge in [0, 0.05) is 19.6 Å². The van der Waals surface area contributed by atoms with E-state index in [0.29, 0.717) is 31.7 Å². The molecule has 1 fully saturated rings. The largest absolute Gasteiger partial charge is 0.452 e. The normalized spacial score (nSPS) is 16.8. The standard InChI is InChI=1S/C24H28N2O5S/c27-23(25-14-6-2-1-3-7-15-25)18-31-24(28)20-10-8-11-21(17-20)32(29,30)26-16-13-19-9-4-5-12-22(19)26/h4-5,8-12,17H,1-3,6-7,13-16,18H2. The van der Waals surface area contributed by atoms with Crippen LogP contribution < -0.4 is 4.31 Å². The average molecular weight is 457 g/mol. The molecular weight excluding hydrogens is 428 g/mol. The Kier molecular flexibility index (Phi) is 6.79. The number of carbonyl (C=O) groups is 2. The minimum Gasteiger partial charge on any atom is -0.452 e. The molecule has 2 aliphatic heterocycles. The third-order valence-electron chi connectivity index (χ3n) is 6.04. The van der Waals surface area contributed by atoms with Crippen molar-refractivity contribution in [2.75, 3.05) is 30.5 Å². The van der Waals surface area contributed by atoms with Gasteiger partial charge in [0.25, 0.3) is 15.9 Å². The SMILES string of the molecule is O=C(OCC(=O)N1CCCCCCC1)c1cccc(S(=O)(=O)N2CCc3ccccc32)c1. The lowest BCUT2D eigenvalue weighted by atomic mass is 10.1. The number of likely N-dealkylation sites (tertiary alicyclic amines) is 1. The highest BCUT2D eigenvalue weighted by atomic mass is 32.2. The predicted octanol–water partition coefficient (Wildman–Crippen LogP) is 3.39. The third kappa shape index (κ3) is 4.80. The lowest BCUT2D eigenvalue weighted by Crippen LogP contribution is -2.37. The summed E-state index contributed by atoms with van der Waals surface area (Å²) in [4.78, 5) is 26.8. The molecule has 2 heterocycles. The molecule has 1 amide bonds. The quantitative estimate of drug-likeness (QED) is 0.644. The van der Waals surface area contributed by atoms with E-state index in [-0.39, 0.29) is 23.0 Å². The van der Waals surface area contributed by atoms with Crippen LogP contribution in [0.4, 0.5) is 5.69 Å². The first-order valence-electron chi connectivity index (χ1n) is 11.1. The van der Waals surface area contributed by atoms with Crippen LogP contribution in [0.25, 0.3) is 0 Å². The number of fused-ring (bicyclic) bond motifs is 1. The van der Waals surface area contributed by atoms with Crippen molar-refractivity contribution >= 4 is 27.6 Å². The van der Waals surface area contributed by atoms with E-state index in [1.807, 2.05) is 18.2 Å². The van der Waals surface area contributed by atoms with Crippen LogP contribution in [0, 0.1) is 0 Å². The topological polar surface area (TPSA) is 84.0 Å². The van der Waals surface area contributed by atoms with E-state index in [4.69, 9.17) is 4.74 Å². The number of amides is 1. The fraction of sp³-hybridized carbons (Fsp3) is 0.417. The van der Waals surface area contributed by atoms with Gasteiger partial charge >= 0.3 is 5.97 Å². The van der Waals surface area contributed by atoms with E-state index in [2.05, 4.69) is 0 Å². The highest BCUT2D eigenvalue weighted by molar-refractivity contribution is 7.92. The van der Waals surface area contributed by atoms with Crippen LogP contribution in [0.3, 0.4) is 0 Å². The Morgan fingerprint density at radius 3 is 2.38 bits per heavy atom. The predicted molar refractivity (Wildman–Crippen MR) is 121 cm³/mol. The Hall–Kier alpha value is -2.87. The Balaban J connectivity index is 1.43. The van der Waals surface area contributed by atoms with Gasteiger partial charge in [-0.3, -0.25) is 9.10 Å². The van der Waals surface area contributed by atoms with Crippen molar-refractivity contribution in [2.45, 2.75) is 43.4 Å². The molecule has 0 saturated carbocycles. The van der Waals surface area contributed by atoms with E-state index in [1.54, 1.807) is 11.0 Å². The van der Waals surface area contributed by atoms with E-state index < -0.39 is 16.0 Å². The van der Waals surface area contributed by atoms with Gasteiger partial charge < -0.3 is 9.64 Å². The van der Waals surface area contributed by atoms with Crippen molar-refractivity contribution < 1.29 is 22.7 Å². The summed E-state index contributed by atoms with van der Waals surface area (Å²) < 4.78 is 33.0. The molecule has 2 aromatic rings. The molecule has 0 spiro atoms. The summed E-state index contributed by atoms with van der Waals surface area (Å²) in [7, 11) is -3.81. The molecule has 8 heteroatoms. The second kappa shape index (κ2) is 9.73. The maximum atomic E-state index is 13.2. The Labute approximate surface area is 189 Å². The molecule has 7 nitrogen and oxygen atoms in total. The number of carbonyl (C=O) groups excluding carboxylic acids is 2. The van der Waals surface area contributed by atoms with Gasteiger partial charge in [-0.2, -0.15) is 0 Å². The Bertz CT molecular complexity index is 1090. The maximum absolute atomic E-state index is 13.2. The van der Waals surface area contributed by atoms with Crippen LogP contribution in [-0.4, -0.2) is 51.4 Å². The molecule has 0 unspecified atom stereocenters. The molecule has 0 aliphatic carbocycles. The molecular formula is C24H28N2O5S. The molecule has 0 atom stereocenters. The molecule has 2 aromatic carbocycles. The second-order valence-electron chi connectivity index (χ2n) is 8.21. The third-order valence-corrected chi connectivity index (χ3v) is 7.85. The van der Waals surface area contributed by atoms with Crippen molar-refractivity contribution in [1.82, 2.24) is 4.90 Å². The molecule has 0 aromatic heterocycles. The van der Waals surface area contributed by atoms with Crippen LogP contribution >= 0.6 is 0 Å². The molecule has 1 saturated heterocycles. The number of sulfonamides is 1. The van der Waals surface area contributed by atoms with Crippen molar-refractivity contribution in [2.24, 2.45) is 0 Å². The Morgan fingerprint density at radius 2 is 1.59 bits per heavy atom. The Morgan fingerprint density at radius 1 is 0.875 bits per heavy atom. The maximum Gasteiger partial charge on any atom is 0.338 e.